The Morgan fingerprint density at radius 1 is 1.07 bits per heavy atom. The molecule has 2 fully saturated rings. The number of nitrogens with zero attached hydrogens (tertiary/aromatic N) is 5. The van der Waals surface area contributed by atoms with Crippen LogP contribution in [0, 0.1) is 6.92 Å². The summed E-state index contributed by atoms with van der Waals surface area (Å²) in [6.07, 6.45) is 5.30. The number of aryl methyl sites for hydroxylation is 1. The van der Waals surface area contributed by atoms with E-state index >= 15 is 0 Å². The largest absolute Gasteiger partial charge is 0.461 e. The molecular formula is C32H39N7O5. The molecule has 4 heterocycles. The van der Waals surface area contributed by atoms with Crippen LogP contribution in [0.25, 0.3) is 11.0 Å². The number of aromatic nitrogens is 1. The minimum absolute atomic E-state index is 0.0282. The molecule has 0 radical (unpaired) electrons. The second-order valence-electron chi connectivity index (χ2n) is 11.3. The van der Waals surface area contributed by atoms with Gasteiger partial charge in [-0.05, 0) is 82.3 Å². The third kappa shape index (κ3) is 7.24. The Morgan fingerprint density at radius 3 is 2.57 bits per heavy atom. The standard InChI is InChI=1S/C32H39N7O5/c1-4-37(3)30(42)25-12-10-22(19-33-25)29(41)36-32(34-24-11-13-27-23(18-24)17-21(2)44-27)35-26-9-5-6-16-39(31(26)43)20-28(40)38-14-7-8-15-38/h10-13,17-19,26H,4-9,14-16,20H2,1-3H3,(H2,34,35,36,41). The Hall–Kier alpha value is -4.74. The zero-order chi connectivity index (χ0) is 31.2. The molecule has 44 heavy (non-hydrogen) atoms. The van der Waals surface area contributed by atoms with Crippen LogP contribution in [0.2, 0.25) is 0 Å². The van der Waals surface area contributed by atoms with Crippen LogP contribution in [0.5, 0.6) is 0 Å². The van der Waals surface area contributed by atoms with Gasteiger partial charge in [-0.25, -0.2) is 4.99 Å². The number of fused-ring (bicyclic) bond motifs is 1. The monoisotopic (exact) mass is 601 g/mol. The maximum atomic E-state index is 13.6. The van der Waals surface area contributed by atoms with E-state index in [2.05, 4.69) is 15.6 Å². The average molecular weight is 602 g/mol. The Morgan fingerprint density at radius 2 is 1.84 bits per heavy atom. The van der Waals surface area contributed by atoms with Crippen molar-refractivity contribution in [1.29, 1.82) is 0 Å². The van der Waals surface area contributed by atoms with Gasteiger partial charge in [0.05, 0.1) is 12.1 Å². The van der Waals surface area contributed by atoms with Crippen LogP contribution in [0.1, 0.15) is 65.6 Å². The molecule has 1 atom stereocenters. The minimum atomic E-state index is -0.783. The van der Waals surface area contributed by atoms with Gasteiger partial charge in [-0.1, -0.05) is 0 Å². The lowest BCUT2D eigenvalue weighted by atomic mass is 10.1. The van der Waals surface area contributed by atoms with Gasteiger partial charge < -0.3 is 24.4 Å². The van der Waals surface area contributed by atoms with E-state index < -0.39 is 11.9 Å². The molecule has 0 aliphatic carbocycles. The molecule has 3 aromatic rings. The smallest absolute Gasteiger partial charge is 0.272 e. The topological polar surface area (TPSA) is 140 Å². The molecule has 0 spiro atoms. The van der Waals surface area contributed by atoms with E-state index in [1.807, 2.05) is 36.9 Å². The van der Waals surface area contributed by atoms with Crippen molar-refractivity contribution >= 4 is 46.2 Å². The molecule has 2 saturated heterocycles. The van der Waals surface area contributed by atoms with Gasteiger partial charge >= 0.3 is 0 Å². The van der Waals surface area contributed by atoms with E-state index in [1.165, 1.54) is 23.2 Å². The van der Waals surface area contributed by atoms with Gasteiger partial charge in [0, 0.05) is 50.5 Å². The molecule has 232 valence electrons. The van der Waals surface area contributed by atoms with Crippen LogP contribution in [0.4, 0.5) is 5.69 Å². The molecule has 12 heteroatoms. The average Bonchev–Trinajstić information content (AvgIpc) is 3.66. The predicted octanol–water partition coefficient (Wildman–Crippen LogP) is 3.43. The summed E-state index contributed by atoms with van der Waals surface area (Å²) >= 11 is 0. The number of furan rings is 1. The fourth-order valence-corrected chi connectivity index (χ4v) is 5.41. The lowest BCUT2D eigenvalue weighted by Crippen LogP contribution is -2.45. The fraction of sp³-hybridized carbons (Fsp3) is 0.438. The fourth-order valence-electron chi connectivity index (χ4n) is 5.41. The SMILES string of the molecule is CCN(C)C(=O)c1ccc(C(=O)NC(=NC2CCCCN(CC(=O)N3CCCC3)C2=O)Nc2ccc3oc(C)cc3c2)cn1. The van der Waals surface area contributed by atoms with E-state index in [1.54, 1.807) is 18.0 Å². The summed E-state index contributed by atoms with van der Waals surface area (Å²) in [6, 6.07) is 9.65. The highest BCUT2D eigenvalue weighted by atomic mass is 16.3. The van der Waals surface area contributed by atoms with E-state index in [0.717, 1.165) is 55.5 Å². The predicted molar refractivity (Wildman–Crippen MR) is 166 cm³/mol. The number of rotatable bonds is 7. The van der Waals surface area contributed by atoms with Crippen molar-refractivity contribution < 1.29 is 23.6 Å². The van der Waals surface area contributed by atoms with Crippen LogP contribution in [-0.4, -0.2) is 95.1 Å². The van der Waals surface area contributed by atoms with Crippen molar-refractivity contribution in [2.24, 2.45) is 4.99 Å². The number of carbonyl (C=O) groups is 4. The summed E-state index contributed by atoms with van der Waals surface area (Å²) in [5.74, 6) is -0.177. The molecule has 2 aliphatic rings. The highest BCUT2D eigenvalue weighted by Gasteiger charge is 2.30. The van der Waals surface area contributed by atoms with Gasteiger partial charge in [-0.3, -0.25) is 29.5 Å². The van der Waals surface area contributed by atoms with Crippen molar-refractivity contribution in [3.8, 4) is 0 Å². The first-order chi connectivity index (χ1) is 21.2. The van der Waals surface area contributed by atoms with Gasteiger partial charge in [-0.2, -0.15) is 0 Å². The maximum Gasteiger partial charge on any atom is 0.272 e. The number of likely N-dealkylation sites (tertiary alicyclic amines) is 2. The Bertz CT molecular complexity index is 1560. The van der Waals surface area contributed by atoms with Crippen LogP contribution < -0.4 is 10.6 Å². The van der Waals surface area contributed by atoms with Gasteiger partial charge in [0.15, 0.2) is 0 Å². The number of hydrogen-bond donors (Lipinski definition) is 2. The summed E-state index contributed by atoms with van der Waals surface area (Å²) in [5, 5.41) is 6.84. The number of benzene rings is 1. The van der Waals surface area contributed by atoms with Crippen LogP contribution in [-0.2, 0) is 9.59 Å². The van der Waals surface area contributed by atoms with Gasteiger partial charge in [0.25, 0.3) is 11.8 Å². The van der Waals surface area contributed by atoms with E-state index in [9.17, 15) is 19.2 Å². The number of pyridine rings is 1. The molecule has 5 rings (SSSR count). The molecule has 0 saturated carbocycles. The lowest BCUT2D eigenvalue weighted by molar-refractivity contribution is -0.140. The molecule has 2 aliphatic heterocycles. The van der Waals surface area contributed by atoms with Gasteiger partial charge in [0.2, 0.25) is 17.8 Å². The number of guanidine groups is 1. The number of hydrogen-bond acceptors (Lipinski definition) is 7. The van der Waals surface area contributed by atoms with E-state index in [4.69, 9.17) is 9.41 Å². The summed E-state index contributed by atoms with van der Waals surface area (Å²) < 4.78 is 5.69. The molecular weight excluding hydrogens is 562 g/mol. The normalized spacial score (nSPS) is 17.5. The van der Waals surface area contributed by atoms with Gasteiger partial charge in [0.1, 0.15) is 23.1 Å². The van der Waals surface area contributed by atoms with Crippen molar-refractivity contribution in [3.05, 3.63) is 59.6 Å². The lowest BCUT2D eigenvalue weighted by Gasteiger charge is -2.25. The zero-order valence-electron chi connectivity index (χ0n) is 25.5. The summed E-state index contributed by atoms with van der Waals surface area (Å²) in [5.41, 5.74) is 1.82. The first-order valence-electron chi connectivity index (χ1n) is 15.2. The molecule has 2 aromatic heterocycles. The molecule has 12 nitrogen and oxygen atoms in total. The third-order valence-corrected chi connectivity index (χ3v) is 8.02. The summed E-state index contributed by atoms with van der Waals surface area (Å²) in [4.78, 5) is 66.1. The first-order valence-corrected chi connectivity index (χ1v) is 15.2. The van der Waals surface area contributed by atoms with Gasteiger partial charge in [-0.15, -0.1) is 0 Å². The molecule has 4 amide bonds. The van der Waals surface area contributed by atoms with Crippen LogP contribution in [0.15, 0.2) is 52.0 Å². The highest BCUT2D eigenvalue weighted by molar-refractivity contribution is 6.11. The molecule has 1 aromatic carbocycles. The number of nitrogens with one attached hydrogen (secondary N) is 2. The Balaban J connectivity index is 1.39. The molecule has 2 N–H and O–H groups in total. The van der Waals surface area contributed by atoms with Crippen molar-refractivity contribution in [2.75, 3.05) is 45.1 Å². The third-order valence-electron chi connectivity index (χ3n) is 8.02. The molecule has 1 unspecified atom stereocenters. The Labute approximate surface area is 256 Å². The zero-order valence-corrected chi connectivity index (χ0v) is 25.5. The van der Waals surface area contributed by atoms with Crippen molar-refractivity contribution in [1.82, 2.24) is 25.0 Å². The van der Waals surface area contributed by atoms with E-state index in [0.29, 0.717) is 25.2 Å². The van der Waals surface area contributed by atoms with E-state index in [-0.39, 0.29) is 41.5 Å². The number of amides is 4. The minimum Gasteiger partial charge on any atom is -0.461 e. The second-order valence-corrected chi connectivity index (χ2v) is 11.3. The van der Waals surface area contributed by atoms with Crippen LogP contribution >= 0.6 is 0 Å². The number of anilines is 1. The van der Waals surface area contributed by atoms with Crippen molar-refractivity contribution in [3.63, 3.8) is 0 Å². The Kier molecular flexibility index (Phi) is 9.56. The summed E-state index contributed by atoms with van der Waals surface area (Å²) in [7, 11) is 1.68. The van der Waals surface area contributed by atoms with Crippen molar-refractivity contribution in [2.45, 2.75) is 52.0 Å². The molecule has 0 bridgehead atoms. The number of carbonyl (C=O) groups excluding carboxylic acids is 4. The maximum absolute atomic E-state index is 13.6. The quantitative estimate of drug-likeness (QED) is 0.312. The summed E-state index contributed by atoms with van der Waals surface area (Å²) in [6.45, 7) is 6.22. The second kappa shape index (κ2) is 13.7. The highest BCUT2D eigenvalue weighted by Crippen LogP contribution is 2.23. The number of aliphatic imine (C=N–C) groups is 1. The van der Waals surface area contributed by atoms with Crippen LogP contribution in [0.3, 0.4) is 0 Å². The first kappa shape index (κ1) is 30.7.